The van der Waals surface area contributed by atoms with Crippen LogP contribution in [0.1, 0.15) is 22.0 Å². The van der Waals surface area contributed by atoms with Gasteiger partial charge in [0.1, 0.15) is 5.82 Å². The minimum Gasteiger partial charge on any atom is -0.313 e. The summed E-state index contributed by atoms with van der Waals surface area (Å²) in [5.41, 5.74) is 1.78. The van der Waals surface area contributed by atoms with Gasteiger partial charge in [-0.15, -0.1) is 11.3 Å². The zero-order valence-electron chi connectivity index (χ0n) is 10.3. The predicted octanol–water partition coefficient (Wildman–Crippen LogP) is 4.35. The van der Waals surface area contributed by atoms with Crippen molar-refractivity contribution in [1.29, 1.82) is 0 Å². The summed E-state index contributed by atoms with van der Waals surface area (Å²) < 4.78 is 13.8. The van der Waals surface area contributed by atoms with Gasteiger partial charge < -0.3 is 5.32 Å². The average molecular weight is 284 g/mol. The molecule has 0 aliphatic rings. The number of hydrogen-bond donors (Lipinski definition) is 1. The Bertz CT molecular complexity index is 518. The van der Waals surface area contributed by atoms with E-state index in [1.165, 1.54) is 16.5 Å². The fourth-order valence-corrected chi connectivity index (χ4v) is 3.06. The third-order valence-corrected chi connectivity index (χ3v) is 4.31. The van der Waals surface area contributed by atoms with Gasteiger partial charge in [0.05, 0.1) is 0 Å². The molecule has 2 rings (SSSR count). The quantitative estimate of drug-likeness (QED) is 0.879. The van der Waals surface area contributed by atoms with Crippen molar-refractivity contribution < 1.29 is 4.39 Å². The van der Waals surface area contributed by atoms with Gasteiger partial charge in [-0.05, 0) is 49.5 Å². The Balaban J connectivity index is 2.29. The normalized spacial score (nSPS) is 12.7. The van der Waals surface area contributed by atoms with Crippen molar-refractivity contribution >= 4 is 22.9 Å². The third kappa shape index (κ3) is 2.74. The number of thiophene rings is 1. The maximum absolute atomic E-state index is 13.8. The topological polar surface area (TPSA) is 12.0 Å². The lowest BCUT2D eigenvalue weighted by molar-refractivity contribution is 0.554. The molecule has 1 N–H and O–H groups in total. The first kappa shape index (κ1) is 13.5. The van der Waals surface area contributed by atoms with E-state index >= 15 is 0 Å². The fraction of sp³-hybridized carbons (Fsp3) is 0.286. The van der Waals surface area contributed by atoms with E-state index in [4.69, 9.17) is 11.6 Å². The van der Waals surface area contributed by atoms with Crippen molar-refractivity contribution in [3.05, 3.63) is 56.5 Å². The number of likely N-dealkylation sites (N-methyl/N-ethyl adjacent to an activating group) is 1. The molecule has 1 atom stereocenters. The van der Waals surface area contributed by atoms with Crippen molar-refractivity contribution in [2.75, 3.05) is 7.05 Å². The molecule has 1 aromatic heterocycles. The molecule has 96 valence electrons. The van der Waals surface area contributed by atoms with Gasteiger partial charge in [0.2, 0.25) is 0 Å². The Labute approximate surface area is 116 Å². The highest BCUT2D eigenvalue weighted by molar-refractivity contribution is 7.10. The molecule has 4 heteroatoms. The second kappa shape index (κ2) is 5.83. The van der Waals surface area contributed by atoms with Crippen molar-refractivity contribution in [1.82, 2.24) is 5.32 Å². The molecule has 18 heavy (non-hydrogen) atoms. The van der Waals surface area contributed by atoms with Crippen LogP contribution < -0.4 is 5.32 Å². The summed E-state index contributed by atoms with van der Waals surface area (Å²) in [5, 5.41) is 5.77. The average Bonchev–Trinajstić information content (AvgIpc) is 2.76. The number of halogens is 2. The first-order valence-corrected chi connectivity index (χ1v) is 7.03. The molecule has 1 heterocycles. The summed E-state index contributed by atoms with van der Waals surface area (Å²) in [5.74, 6) is -0.240. The zero-order valence-corrected chi connectivity index (χ0v) is 11.9. The largest absolute Gasteiger partial charge is 0.313 e. The second-order valence-electron chi connectivity index (χ2n) is 4.18. The summed E-state index contributed by atoms with van der Waals surface area (Å²) in [6.45, 7) is 2.08. The Morgan fingerprint density at radius 2 is 2.17 bits per heavy atom. The van der Waals surface area contributed by atoms with E-state index < -0.39 is 0 Å². The maximum atomic E-state index is 13.8. The predicted molar refractivity (Wildman–Crippen MR) is 76.0 cm³/mol. The molecule has 0 saturated carbocycles. The fourth-order valence-electron chi connectivity index (χ4n) is 2.06. The third-order valence-electron chi connectivity index (χ3n) is 3.09. The minimum absolute atomic E-state index is 0.0886. The van der Waals surface area contributed by atoms with E-state index in [0.717, 1.165) is 0 Å². The number of rotatable bonds is 4. The standard InChI is InChI=1S/C14H15ClFNS/c1-9-10(6-7-18-9)14(17-2)8-11-12(15)4-3-5-13(11)16/h3-7,14,17H,8H2,1-2H3. The van der Waals surface area contributed by atoms with Crippen molar-refractivity contribution in [3.8, 4) is 0 Å². The van der Waals surface area contributed by atoms with Crippen LogP contribution in [-0.2, 0) is 6.42 Å². The van der Waals surface area contributed by atoms with Crippen LogP contribution in [0.25, 0.3) is 0 Å². The number of nitrogens with one attached hydrogen (secondary N) is 1. The molecular weight excluding hydrogens is 269 g/mol. The highest BCUT2D eigenvalue weighted by Crippen LogP contribution is 2.29. The van der Waals surface area contributed by atoms with Gasteiger partial charge in [-0.25, -0.2) is 4.39 Å². The first-order chi connectivity index (χ1) is 8.63. The molecule has 0 radical (unpaired) electrons. The second-order valence-corrected chi connectivity index (χ2v) is 5.71. The van der Waals surface area contributed by atoms with Crippen LogP contribution in [0.3, 0.4) is 0 Å². The summed E-state index contributed by atoms with van der Waals surface area (Å²) in [7, 11) is 1.89. The number of hydrogen-bond acceptors (Lipinski definition) is 2. The van der Waals surface area contributed by atoms with E-state index in [2.05, 4.69) is 23.7 Å². The lowest BCUT2D eigenvalue weighted by Gasteiger charge is -2.17. The lowest BCUT2D eigenvalue weighted by atomic mass is 9.99. The summed E-state index contributed by atoms with van der Waals surface area (Å²) in [4.78, 5) is 1.25. The van der Waals surface area contributed by atoms with Crippen molar-refractivity contribution in [2.24, 2.45) is 0 Å². The SMILES string of the molecule is CNC(Cc1c(F)cccc1Cl)c1ccsc1C. The van der Waals surface area contributed by atoms with Gasteiger partial charge in [-0.2, -0.15) is 0 Å². The van der Waals surface area contributed by atoms with Crippen molar-refractivity contribution in [3.63, 3.8) is 0 Å². The van der Waals surface area contributed by atoms with Crippen LogP contribution in [-0.4, -0.2) is 7.05 Å². The molecule has 1 nitrogen and oxygen atoms in total. The molecule has 0 fully saturated rings. The van der Waals surface area contributed by atoms with Crippen molar-refractivity contribution in [2.45, 2.75) is 19.4 Å². The van der Waals surface area contributed by atoms with E-state index in [1.54, 1.807) is 23.5 Å². The van der Waals surface area contributed by atoms with Crippen LogP contribution in [0.2, 0.25) is 5.02 Å². The Hall–Kier alpha value is -0.900. The molecule has 0 amide bonds. The number of benzene rings is 1. The van der Waals surface area contributed by atoms with Gasteiger partial charge in [0.25, 0.3) is 0 Å². The smallest absolute Gasteiger partial charge is 0.127 e. The number of aryl methyl sites for hydroxylation is 1. The highest BCUT2D eigenvalue weighted by atomic mass is 35.5. The van der Waals surface area contributed by atoms with Gasteiger partial charge >= 0.3 is 0 Å². The summed E-state index contributed by atoms with van der Waals surface area (Å²) in [6, 6.07) is 6.98. The van der Waals surface area contributed by atoms with Gasteiger partial charge in [0.15, 0.2) is 0 Å². The van der Waals surface area contributed by atoms with Gasteiger partial charge in [-0.1, -0.05) is 17.7 Å². The lowest BCUT2D eigenvalue weighted by Crippen LogP contribution is -2.19. The van der Waals surface area contributed by atoms with E-state index in [9.17, 15) is 4.39 Å². The zero-order chi connectivity index (χ0) is 13.1. The van der Waals surface area contributed by atoms with Crippen LogP contribution in [0, 0.1) is 12.7 Å². The molecule has 0 aliphatic heterocycles. The first-order valence-electron chi connectivity index (χ1n) is 5.77. The molecule has 0 saturated heterocycles. The van der Waals surface area contributed by atoms with E-state index in [1.807, 2.05) is 7.05 Å². The Morgan fingerprint density at radius 3 is 2.72 bits per heavy atom. The maximum Gasteiger partial charge on any atom is 0.127 e. The molecule has 2 aromatic rings. The van der Waals surface area contributed by atoms with Gasteiger partial charge in [-0.3, -0.25) is 0 Å². The van der Waals surface area contributed by atoms with Crippen LogP contribution in [0.15, 0.2) is 29.6 Å². The minimum atomic E-state index is -0.240. The molecule has 0 bridgehead atoms. The monoisotopic (exact) mass is 283 g/mol. The van der Waals surface area contributed by atoms with E-state index in [0.29, 0.717) is 17.0 Å². The van der Waals surface area contributed by atoms with E-state index in [-0.39, 0.29) is 11.9 Å². The van der Waals surface area contributed by atoms with Gasteiger partial charge in [0, 0.05) is 21.5 Å². The van der Waals surface area contributed by atoms with Crippen LogP contribution in [0.5, 0.6) is 0 Å². The Kier molecular flexibility index (Phi) is 4.38. The van der Waals surface area contributed by atoms with Crippen LogP contribution >= 0.6 is 22.9 Å². The molecule has 1 unspecified atom stereocenters. The molecular formula is C14H15ClFNS. The molecule has 0 spiro atoms. The molecule has 1 aromatic carbocycles. The summed E-state index contributed by atoms with van der Waals surface area (Å²) in [6.07, 6.45) is 0.555. The van der Waals surface area contributed by atoms with Crippen LogP contribution in [0.4, 0.5) is 4.39 Å². The Morgan fingerprint density at radius 1 is 1.39 bits per heavy atom. The summed E-state index contributed by atoms with van der Waals surface area (Å²) >= 11 is 7.77. The molecule has 0 aliphatic carbocycles. The highest BCUT2D eigenvalue weighted by Gasteiger charge is 2.17.